The van der Waals surface area contributed by atoms with Crippen LogP contribution in [0.4, 0.5) is 0 Å². The number of ether oxygens (including phenoxy) is 1. The summed E-state index contributed by atoms with van der Waals surface area (Å²) < 4.78 is 5.25. The molecule has 3 aromatic rings. The van der Waals surface area contributed by atoms with Crippen molar-refractivity contribution in [3.8, 4) is 5.75 Å². The monoisotopic (exact) mass is 316 g/mol. The Balaban J connectivity index is 1.61. The predicted octanol–water partition coefficient (Wildman–Crippen LogP) is 4.63. The van der Waals surface area contributed by atoms with Crippen molar-refractivity contribution >= 4 is 16.5 Å². The Labute approximate surface area is 142 Å². The Morgan fingerprint density at radius 2 is 1.71 bits per heavy atom. The minimum Gasteiger partial charge on any atom is -0.497 e. The molecule has 1 atom stereocenters. The van der Waals surface area contributed by atoms with Crippen molar-refractivity contribution in [2.45, 2.75) is 12.5 Å². The van der Waals surface area contributed by atoms with Crippen molar-refractivity contribution in [3.63, 3.8) is 0 Å². The van der Waals surface area contributed by atoms with Gasteiger partial charge in [0.1, 0.15) is 5.75 Å². The number of hydrogen-bond donors (Lipinski definition) is 0. The molecule has 0 bridgehead atoms. The van der Waals surface area contributed by atoms with E-state index in [1.54, 1.807) is 7.11 Å². The quantitative estimate of drug-likeness (QED) is 0.704. The van der Waals surface area contributed by atoms with Crippen LogP contribution < -0.4 is 4.74 Å². The van der Waals surface area contributed by atoms with Gasteiger partial charge < -0.3 is 4.74 Å². The molecule has 1 unspecified atom stereocenters. The molecule has 0 N–H and O–H groups in total. The largest absolute Gasteiger partial charge is 0.497 e. The van der Waals surface area contributed by atoms with E-state index in [0.717, 1.165) is 17.9 Å². The summed E-state index contributed by atoms with van der Waals surface area (Å²) in [5.74, 6) is 0.884. The van der Waals surface area contributed by atoms with Gasteiger partial charge in [-0.1, -0.05) is 48.5 Å². The van der Waals surface area contributed by atoms with E-state index in [1.807, 2.05) is 19.2 Å². The first kappa shape index (κ1) is 14.8. The number of hydrazone groups is 1. The molecule has 3 heteroatoms. The molecule has 24 heavy (non-hydrogen) atoms. The first-order chi connectivity index (χ1) is 11.7. The van der Waals surface area contributed by atoms with Crippen LogP contribution in [-0.2, 0) is 0 Å². The standard InChI is InChI=1S/C21H20N2O/c1-23-21(16-9-11-19(24-2)12-10-16)14-20(22-23)18-8-7-15-5-3-4-6-17(15)13-18/h3-13,21H,14H2,1-2H3. The fourth-order valence-electron chi connectivity index (χ4n) is 3.32. The lowest BCUT2D eigenvalue weighted by molar-refractivity contribution is 0.289. The first-order valence-electron chi connectivity index (χ1n) is 8.18. The number of fused-ring (bicyclic) bond motifs is 1. The second kappa shape index (κ2) is 6.00. The minimum absolute atomic E-state index is 0.275. The second-order valence-electron chi connectivity index (χ2n) is 6.18. The van der Waals surface area contributed by atoms with Crippen molar-refractivity contribution in [2.24, 2.45) is 5.10 Å². The fourth-order valence-corrected chi connectivity index (χ4v) is 3.32. The summed E-state index contributed by atoms with van der Waals surface area (Å²) >= 11 is 0. The Bertz CT molecular complexity index is 899. The molecule has 120 valence electrons. The van der Waals surface area contributed by atoms with Gasteiger partial charge >= 0.3 is 0 Å². The summed E-state index contributed by atoms with van der Waals surface area (Å²) in [6.07, 6.45) is 0.918. The summed E-state index contributed by atoms with van der Waals surface area (Å²) in [6.45, 7) is 0. The van der Waals surface area contributed by atoms with Gasteiger partial charge in [-0.15, -0.1) is 0 Å². The molecule has 0 saturated heterocycles. The van der Waals surface area contributed by atoms with Crippen LogP contribution in [0, 0.1) is 0 Å². The average molecular weight is 316 g/mol. The molecule has 0 aromatic heterocycles. The number of nitrogens with zero attached hydrogens (tertiary/aromatic N) is 2. The maximum absolute atomic E-state index is 5.25. The summed E-state index contributed by atoms with van der Waals surface area (Å²) in [5.41, 5.74) is 3.61. The third kappa shape index (κ3) is 2.62. The van der Waals surface area contributed by atoms with Crippen LogP contribution in [-0.4, -0.2) is 24.9 Å². The predicted molar refractivity (Wildman–Crippen MR) is 98.6 cm³/mol. The van der Waals surface area contributed by atoms with Crippen molar-refractivity contribution in [2.75, 3.05) is 14.2 Å². The smallest absolute Gasteiger partial charge is 0.118 e. The van der Waals surface area contributed by atoms with E-state index < -0.39 is 0 Å². The molecule has 0 radical (unpaired) electrons. The molecular formula is C21H20N2O. The van der Waals surface area contributed by atoms with Gasteiger partial charge in [0.2, 0.25) is 0 Å². The Morgan fingerprint density at radius 3 is 2.46 bits per heavy atom. The van der Waals surface area contributed by atoms with Crippen LogP contribution in [0.3, 0.4) is 0 Å². The highest BCUT2D eigenvalue weighted by molar-refractivity contribution is 6.04. The molecule has 0 amide bonds. The molecule has 0 aliphatic carbocycles. The van der Waals surface area contributed by atoms with E-state index in [-0.39, 0.29) is 6.04 Å². The molecule has 1 aliphatic rings. The van der Waals surface area contributed by atoms with E-state index in [4.69, 9.17) is 9.84 Å². The summed E-state index contributed by atoms with van der Waals surface area (Å²) in [6, 6.07) is 23.6. The first-order valence-corrected chi connectivity index (χ1v) is 8.18. The molecule has 0 spiro atoms. The molecule has 0 fully saturated rings. The van der Waals surface area contributed by atoms with Crippen molar-refractivity contribution in [3.05, 3.63) is 77.9 Å². The zero-order valence-corrected chi connectivity index (χ0v) is 13.9. The maximum atomic E-state index is 5.25. The van der Waals surface area contributed by atoms with Gasteiger partial charge in [0.25, 0.3) is 0 Å². The van der Waals surface area contributed by atoms with Crippen LogP contribution in [0.1, 0.15) is 23.6 Å². The summed E-state index contributed by atoms with van der Waals surface area (Å²) in [4.78, 5) is 0. The lowest BCUT2D eigenvalue weighted by Gasteiger charge is -2.19. The third-order valence-electron chi connectivity index (χ3n) is 4.70. The van der Waals surface area contributed by atoms with E-state index in [0.29, 0.717) is 0 Å². The molecule has 0 saturated carbocycles. The molecule has 1 aliphatic heterocycles. The minimum atomic E-state index is 0.275. The van der Waals surface area contributed by atoms with Gasteiger partial charge in [-0.2, -0.15) is 5.10 Å². The number of benzene rings is 3. The van der Waals surface area contributed by atoms with E-state index in [1.165, 1.54) is 21.9 Å². The van der Waals surface area contributed by atoms with Crippen LogP contribution in [0.15, 0.2) is 71.8 Å². The molecule has 3 nitrogen and oxygen atoms in total. The normalized spacial score (nSPS) is 17.2. The third-order valence-corrected chi connectivity index (χ3v) is 4.70. The number of methoxy groups -OCH3 is 1. The highest BCUT2D eigenvalue weighted by Crippen LogP contribution is 2.32. The summed E-state index contributed by atoms with van der Waals surface area (Å²) in [5, 5.41) is 9.37. The maximum Gasteiger partial charge on any atom is 0.118 e. The molecule has 3 aromatic carbocycles. The topological polar surface area (TPSA) is 24.8 Å². The number of rotatable bonds is 3. The summed E-state index contributed by atoms with van der Waals surface area (Å²) in [7, 11) is 3.74. The fraction of sp³-hybridized carbons (Fsp3) is 0.190. The zero-order valence-electron chi connectivity index (χ0n) is 13.9. The van der Waals surface area contributed by atoms with Gasteiger partial charge in [0.05, 0.1) is 18.9 Å². The van der Waals surface area contributed by atoms with Gasteiger partial charge in [-0.05, 0) is 40.1 Å². The van der Waals surface area contributed by atoms with Crippen molar-refractivity contribution < 1.29 is 4.74 Å². The molecular weight excluding hydrogens is 296 g/mol. The Kier molecular flexibility index (Phi) is 3.69. The van der Waals surface area contributed by atoms with E-state index >= 15 is 0 Å². The van der Waals surface area contributed by atoms with Gasteiger partial charge in [-0.3, -0.25) is 5.01 Å². The van der Waals surface area contributed by atoms with Crippen LogP contribution >= 0.6 is 0 Å². The number of hydrogen-bond acceptors (Lipinski definition) is 3. The van der Waals surface area contributed by atoms with Crippen molar-refractivity contribution in [1.82, 2.24) is 5.01 Å². The molecule has 4 rings (SSSR count). The van der Waals surface area contributed by atoms with Gasteiger partial charge in [-0.25, -0.2) is 0 Å². The van der Waals surface area contributed by atoms with E-state index in [2.05, 4.69) is 59.6 Å². The van der Waals surface area contributed by atoms with Crippen LogP contribution in [0.5, 0.6) is 5.75 Å². The van der Waals surface area contributed by atoms with Crippen molar-refractivity contribution in [1.29, 1.82) is 0 Å². The highest BCUT2D eigenvalue weighted by atomic mass is 16.5. The molecule has 1 heterocycles. The average Bonchev–Trinajstić information content (AvgIpc) is 3.03. The SMILES string of the molecule is COc1ccc(C2CC(c3ccc4ccccc4c3)=NN2C)cc1. The van der Waals surface area contributed by atoms with Gasteiger partial charge in [0.15, 0.2) is 0 Å². The van der Waals surface area contributed by atoms with Crippen LogP contribution in [0.2, 0.25) is 0 Å². The zero-order chi connectivity index (χ0) is 16.5. The van der Waals surface area contributed by atoms with Gasteiger partial charge in [0, 0.05) is 13.5 Å². The van der Waals surface area contributed by atoms with Crippen LogP contribution in [0.25, 0.3) is 10.8 Å². The Morgan fingerprint density at radius 1 is 0.958 bits per heavy atom. The highest BCUT2D eigenvalue weighted by Gasteiger charge is 2.26. The second-order valence-corrected chi connectivity index (χ2v) is 6.18. The Hall–Kier alpha value is -2.81. The lowest BCUT2D eigenvalue weighted by Crippen LogP contribution is -2.13. The lowest BCUT2D eigenvalue weighted by atomic mass is 9.97. The van der Waals surface area contributed by atoms with E-state index in [9.17, 15) is 0 Å².